The van der Waals surface area contributed by atoms with Gasteiger partial charge in [-0.2, -0.15) is 5.10 Å². The Morgan fingerprint density at radius 3 is 3.00 bits per heavy atom. The van der Waals surface area contributed by atoms with Crippen molar-refractivity contribution in [3.8, 4) is 0 Å². The van der Waals surface area contributed by atoms with E-state index in [0.29, 0.717) is 30.0 Å². The van der Waals surface area contributed by atoms with Crippen LogP contribution in [0, 0.1) is 0 Å². The zero-order valence-electron chi connectivity index (χ0n) is 15.6. The van der Waals surface area contributed by atoms with Gasteiger partial charge < -0.3 is 9.72 Å². The Labute approximate surface area is 158 Å². The van der Waals surface area contributed by atoms with Crippen LogP contribution in [0.25, 0.3) is 11.0 Å². The molecule has 1 aromatic carbocycles. The van der Waals surface area contributed by atoms with Gasteiger partial charge in [0.05, 0.1) is 25.5 Å². The SMILES string of the molecule is Cn1ncc2c(=O)[nH]c(CN3CCO[C@H](CCCc4ccccc4)C3)nc21. The van der Waals surface area contributed by atoms with Crippen molar-refractivity contribution in [1.82, 2.24) is 24.6 Å². The van der Waals surface area contributed by atoms with Crippen LogP contribution in [0.1, 0.15) is 24.2 Å². The Balaban J connectivity index is 1.34. The standard InChI is InChI=1S/C20H25N5O2/c1-24-19-17(12-21-24)20(26)23-18(22-19)14-25-10-11-27-16(13-25)9-5-8-15-6-3-2-4-7-15/h2-4,6-7,12,16H,5,8-11,13-14H2,1H3,(H,22,23,26)/t16-/m1/s1. The average Bonchev–Trinajstić information content (AvgIpc) is 3.05. The van der Waals surface area contributed by atoms with E-state index in [1.54, 1.807) is 17.9 Å². The zero-order chi connectivity index (χ0) is 18.6. The lowest BCUT2D eigenvalue weighted by molar-refractivity contribution is -0.0362. The number of hydrogen-bond donors (Lipinski definition) is 1. The molecule has 1 N–H and O–H groups in total. The molecular weight excluding hydrogens is 342 g/mol. The van der Waals surface area contributed by atoms with E-state index in [2.05, 4.69) is 44.2 Å². The number of aryl methyl sites for hydroxylation is 2. The second kappa shape index (κ2) is 8.02. The lowest BCUT2D eigenvalue weighted by atomic mass is 10.1. The van der Waals surface area contributed by atoms with Crippen molar-refractivity contribution in [2.45, 2.75) is 31.9 Å². The highest BCUT2D eigenvalue weighted by Crippen LogP contribution is 2.15. The summed E-state index contributed by atoms with van der Waals surface area (Å²) in [5.41, 5.74) is 1.87. The van der Waals surface area contributed by atoms with Gasteiger partial charge in [-0.25, -0.2) is 4.98 Å². The minimum absolute atomic E-state index is 0.129. The molecule has 3 aromatic rings. The van der Waals surface area contributed by atoms with Crippen molar-refractivity contribution in [1.29, 1.82) is 0 Å². The third-order valence-electron chi connectivity index (χ3n) is 5.08. The van der Waals surface area contributed by atoms with Crippen LogP contribution in [0.5, 0.6) is 0 Å². The van der Waals surface area contributed by atoms with Gasteiger partial charge in [-0.3, -0.25) is 14.4 Å². The summed E-state index contributed by atoms with van der Waals surface area (Å²) in [7, 11) is 1.80. The minimum atomic E-state index is -0.129. The van der Waals surface area contributed by atoms with Gasteiger partial charge in [0.1, 0.15) is 11.2 Å². The first-order valence-electron chi connectivity index (χ1n) is 9.48. The van der Waals surface area contributed by atoms with Crippen LogP contribution in [0.3, 0.4) is 0 Å². The number of benzene rings is 1. The molecular formula is C20H25N5O2. The van der Waals surface area contributed by atoms with Gasteiger partial charge in [0.25, 0.3) is 5.56 Å². The van der Waals surface area contributed by atoms with Crippen LogP contribution in [0.15, 0.2) is 41.3 Å². The van der Waals surface area contributed by atoms with Crippen LogP contribution in [-0.4, -0.2) is 50.4 Å². The van der Waals surface area contributed by atoms with Gasteiger partial charge in [0, 0.05) is 20.1 Å². The first kappa shape index (κ1) is 17.9. The molecule has 1 atom stereocenters. The lowest BCUT2D eigenvalue weighted by Gasteiger charge is -2.32. The van der Waals surface area contributed by atoms with Gasteiger partial charge >= 0.3 is 0 Å². The van der Waals surface area contributed by atoms with Gasteiger partial charge in [-0.15, -0.1) is 0 Å². The summed E-state index contributed by atoms with van der Waals surface area (Å²) in [6.07, 6.45) is 5.01. The molecule has 0 unspecified atom stereocenters. The summed E-state index contributed by atoms with van der Waals surface area (Å²) in [6.45, 7) is 3.05. The van der Waals surface area contributed by atoms with E-state index in [4.69, 9.17) is 4.74 Å². The predicted octanol–water partition coefficient (Wildman–Crippen LogP) is 1.88. The molecule has 142 valence electrons. The molecule has 7 heteroatoms. The molecule has 1 aliphatic rings. The highest BCUT2D eigenvalue weighted by atomic mass is 16.5. The Morgan fingerprint density at radius 1 is 1.30 bits per heavy atom. The number of aromatic nitrogens is 4. The van der Waals surface area contributed by atoms with Crippen molar-refractivity contribution >= 4 is 11.0 Å². The Morgan fingerprint density at radius 2 is 2.15 bits per heavy atom. The molecule has 1 saturated heterocycles. The predicted molar refractivity (Wildman–Crippen MR) is 104 cm³/mol. The van der Waals surface area contributed by atoms with Crippen LogP contribution < -0.4 is 5.56 Å². The monoisotopic (exact) mass is 367 g/mol. The molecule has 0 bridgehead atoms. The van der Waals surface area contributed by atoms with Gasteiger partial charge in [-0.05, 0) is 24.8 Å². The fourth-order valence-corrected chi connectivity index (χ4v) is 3.64. The van der Waals surface area contributed by atoms with Crippen molar-refractivity contribution in [2.24, 2.45) is 7.05 Å². The highest BCUT2D eigenvalue weighted by Gasteiger charge is 2.21. The highest BCUT2D eigenvalue weighted by molar-refractivity contribution is 5.72. The van der Waals surface area contributed by atoms with Crippen molar-refractivity contribution in [2.75, 3.05) is 19.7 Å². The summed E-state index contributed by atoms with van der Waals surface area (Å²) in [4.78, 5) is 22.0. The number of nitrogens with one attached hydrogen (secondary N) is 1. The maximum atomic E-state index is 12.2. The number of nitrogens with zero attached hydrogens (tertiary/aromatic N) is 4. The smallest absolute Gasteiger partial charge is 0.262 e. The number of H-pyrrole nitrogens is 1. The van der Waals surface area contributed by atoms with E-state index in [1.165, 1.54) is 5.56 Å². The molecule has 1 aliphatic heterocycles. The second-order valence-electron chi connectivity index (χ2n) is 7.12. The molecule has 4 rings (SSSR count). The zero-order valence-corrected chi connectivity index (χ0v) is 15.6. The minimum Gasteiger partial charge on any atom is -0.376 e. The summed E-state index contributed by atoms with van der Waals surface area (Å²) in [5.74, 6) is 0.682. The number of fused-ring (bicyclic) bond motifs is 1. The second-order valence-corrected chi connectivity index (χ2v) is 7.12. The topological polar surface area (TPSA) is 76.0 Å². The quantitative estimate of drug-likeness (QED) is 0.720. The summed E-state index contributed by atoms with van der Waals surface area (Å²) >= 11 is 0. The summed E-state index contributed by atoms with van der Waals surface area (Å²) in [5, 5.41) is 4.65. The summed E-state index contributed by atoms with van der Waals surface area (Å²) < 4.78 is 7.58. The number of ether oxygens (including phenoxy) is 1. The van der Waals surface area contributed by atoms with Crippen molar-refractivity contribution in [3.05, 3.63) is 58.3 Å². The number of hydrogen-bond acceptors (Lipinski definition) is 5. The summed E-state index contributed by atoms with van der Waals surface area (Å²) in [6, 6.07) is 10.6. The molecule has 0 radical (unpaired) electrons. The molecule has 7 nitrogen and oxygen atoms in total. The molecule has 2 aromatic heterocycles. The van der Waals surface area contributed by atoms with Crippen molar-refractivity contribution in [3.63, 3.8) is 0 Å². The Kier molecular flexibility index (Phi) is 5.31. The van der Waals surface area contributed by atoms with Gasteiger partial charge in [-0.1, -0.05) is 30.3 Å². The van der Waals surface area contributed by atoms with Crippen LogP contribution in [0.4, 0.5) is 0 Å². The van der Waals surface area contributed by atoms with E-state index < -0.39 is 0 Å². The number of rotatable bonds is 6. The van der Waals surface area contributed by atoms with Crippen LogP contribution in [-0.2, 0) is 24.8 Å². The van der Waals surface area contributed by atoms with E-state index in [1.807, 2.05) is 6.07 Å². The molecule has 27 heavy (non-hydrogen) atoms. The normalized spacial score (nSPS) is 18.2. The largest absolute Gasteiger partial charge is 0.376 e. The fraction of sp³-hybridized carbons (Fsp3) is 0.450. The average molecular weight is 367 g/mol. The van der Waals surface area contributed by atoms with E-state index in [-0.39, 0.29) is 11.7 Å². The number of aromatic amines is 1. The molecule has 1 fully saturated rings. The molecule has 0 amide bonds. The van der Waals surface area contributed by atoms with E-state index in [9.17, 15) is 4.79 Å². The maximum absolute atomic E-state index is 12.2. The van der Waals surface area contributed by atoms with Crippen LogP contribution >= 0.6 is 0 Å². The van der Waals surface area contributed by atoms with Crippen molar-refractivity contribution < 1.29 is 4.74 Å². The Hall–Kier alpha value is -2.51. The third kappa shape index (κ3) is 4.26. The van der Waals surface area contributed by atoms with Gasteiger partial charge in [0.15, 0.2) is 5.65 Å². The molecule has 0 aliphatic carbocycles. The maximum Gasteiger partial charge on any atom is 0.262 e. The van der Waals surface area contributed by atoms with Crippen LogP contribution in [0.2, 0.25) is 0 Å². The number of morpholine rings is 1. The van der Waals surface area contributed by atoms with Gasteiger partial charge in [0.2, 0.25) is 0 Å². The van der Waals surface area contributed by atoms with E-state index >= 15 is 0 Å². The molecule has 0 spiro atoms. The Bertz CT molecular complexity index is 950. The van der Waals surface area contributed by atoms with E-state index in [0.717, 1.165) is 32.4 Å². The lowest BCUT2D eigenvalue weighted by Crippen LogP contribution is -2.42. The molecule has 0 saturated carbocycles. The third-order valence-corrected chi connectivity index (χ3v) is 5.08. The fourth-order valence-electron chi connectivity index (χ4n) is 3.64. The first-order chi connectivity index (χ1) is 13.2. The molecule has 3 heterocycles. The first-order valence-corrected chi connectivity index (χ1v) is 9.48.